The first-order valence-electron chi connectivity index (χ1n) is 33.5. The number of halogens is 6. The van der Waals surface area contributed by atoms with Crippen molar-refractivity contribution in [3.8, 4) is 156 Å². The molecule has 0 amide bonds. The molecule has 0 saturated carbocycles. The summed E-state index contributed by atoms with van der Waals surface area (Å²) in [7, 11) is 0. The van der Waals surface area contributed by atoms with Gasteiger partial charge in [0.2, 0.25) is 0 Å². The highest BCUT2D eigenvalue weighted by atomic mass is 19.4. The summed E-state index contributed by atoms with van der Waals surface area (Å²) in [4.78, 5) is 0. The monoisotopic (exact) mass is 1330 g/mol. The molecule has 0 bridgehead atoms. The molecule has 16 aromatic rings. The van der Waals surface area contributed by atoms with Crippen molar-refractivity contribution in [2.24, 2.45) is 0 Å². The minimum Gasteiger partial charge on any atom is -0.405 e. The van der Waals surface area contributed by atoms with E-state index in [1.807, 2.05) is 303 Å². The van der Waals surface area contributed by atoms with Crippen LogP contribution in [0.15, 0.2) is 364 Å². The van der Waals surface area contributed by atoms with Crippen molar-refractivity contribution in [1.29, 1.82) is 0 Å². The number of hydrogen-bond donors (Lipinski definition) is 0. The Morgan fingerprint density at radius 3 is 0.539 bits per heavy atom. The van der Waals surface area contributed by atoms with Crippen LogP contribution in [0, 0.1) is 0 Å². The topological polar surface area (TPSA) is 18.5 Å². The van der Waals surface area contributed by atoms with E-state index in [9.17, 15) is 0 Å². The third-order valence-electron chi connectivity index (χ3n) is 18.8. The summed E-state index contributed by atoms with van der Waals surface area (Å²) in [5.74, 6) is -1.49. The van der Waals surface area contributed by atoms with Gasteiger partial charge < -0.3 is 9.47 Å². The van der Waals surface area contributed by atoms with Crippen molar-refractivity contribution in [3.63, 3.8) is 0 Å². The molecule has 0 fully saturated rings. The molecule has 8 heteroatoms. The molecule has 0 radical (unpaired) electrons. The Labute approximate surface area is 586 Å². The van der Waals surface area contributed by atoms with Crippen molar-refractivity contribution in [1.82, 2.24) is 0 Å². The fraction of sp³-hybridized carbons (Fsp3) is 0.0213. The zero-order chi connectivity index (χ0) is 69.3. The van der Waals surface area contributed by atoms with E-state index in [1.54, 1.807) is 12.1 Å². The first-order chi connectivity index (χ1) is 49.8. The summed E-state index contributed by atoms with van der Waals surface area (Å²) in [5, 5.41) is 1.17. The van der Waals surface area contributed by atoms with Crippen LogP contribution >= 0.6 is 0 Å². The van der Waals surface area contributed by atoms with Gasteiger partial charge in [-0.25, -0.2) is 0 Å². The molecule has 0 aliphatic carbocycles. The number of ether oxygens (including phenoxy) is 2. The Bertz CT molecular complexity index is 5140. The molecule has 0 aromatic heterocycles. The number of fused-ring (bicyclic) bond motifs is 2. The van der Waals surface area contributed by atoms with E-state index in [0.717, 1.165) is 100 Å². The third kappa shape index (κ3) is 13.5. The number of alkyl halides is 6. The molecular weight excluding hydrogens is 1280 g/mol. The summed E-state index contributed by atoms with van der Waals surface area (Å²) in [6, 6.07) is 117. The summed E-state index contributed by atoms with van der Waals surface area (Å²) in [6.45, 7) is 0. The summed E-state index contributed by atoms with van der Waals surface area (Å²) in [6.07, 6.45) is -10.7. The quantitative estimate of drug-likeness (QED) is 0.0953. The van der Waals surface area contributed by atoms with Crippen LogP contribution < -0.4 is 9.47 Å². The standard InChI is InChI=1S/C94H60F6O2/c95-93(96,97)101-89-59-85(81-53-75(65-33-17-5-18-34-65)47-76(54-81)66-35-19-6-20-36-66)87-57-69(79-49-71(61-25-9-1-10-26-61)45-72(50-79)62-27-11-2-12-28-62)41-43-83(87)91(89)92-84-44-42-70(80-51-73(63-29-13-3-14-30-63)46-74(52-80)64-31-15-4-16-32-64)58-88(84)86(60-90(92)102-94(98,99)100)82-55-77(67-37-21-7-22-38-67)48-78(56-82)68-39-23-8-24-40-68/h1-60H. The predicted molar refractivity (Wildman–Crippen MR) is 405 cm³/mol. The third-order valence-corrected chi connectivity index (χ3v) is 18.8. The molecule has 2 nitrogen and oxygen atoms in total. The summed E-state index contributed by atoms with van der Waals surface area (Å²) >= 11 is 0. The van der Waals surface area contributed by atoms with E-state index in [0.29, 0.717) is 44.2 Å². The van der Waals surface area contributed by atoms with E-state index in [4.69, 9.17) is 9.47 Å². The number of rotatable bonds is 15. The maximum Gasteiger partial charge on any atom is 0.573 e. The Hall–Kier alpha value is -12.8. The van der Waals surface area contributed by atoms with Crippen LogP contribution in [0.1, 0.15) is 0 Å². The maximum atomic E-state index is 16.0. The molecule has 0 spiro atoms. The second-order valence-electron chi connectivity index (χ2n) is 25.3. The minimum atomic E-state index is -5.37. The zero-order valence-corrected chi connectivity index (χ0v) is 54.7. The molecule has 0 atom stereocenters. The number of hydrogen-bond acceptors (Lipinski definition) is 2. The van der Waals surface area contributed by atoms with Gasteiger partial charge in [-0.3, -0.25) is 0 Å². The molecule has 0 unspecified atom stereocenters. The van der Waals surface area contributed by atoms with E-state index in [1.165, 1.54) is 12.1 Å². The van der Waals surface area contributed by atoms with Crippen LogP contribution in [-0.2, 0) is 0 Å². The molecule has 16 aromatic carbocycles. The van der Waals surface area contributed by atoms with E-state index < -0.39 is 24.2 Å². The van der Waals surface area contributed by atoms with Gasteiger partial charge in [0.05, 0.1) is 0 Å². The van der Waals surface area contributed by atoms with Gasteiger partial charge in [0.1, 0.15) is 11.5 Å². The van der Waals surface area contributed by atoms with E-state index in [2.05, 4.69) is 36.4 Å². The van der Waals surface area contributed by atoms with Gasteiger partial charge in [-0.1, -0.05) is 267 Å². The van der Waals surface area contributed by atoms with E-state index >= 15 is 26.3 Å². The normalized spacial score (nSPS) is 11.6. The van der Waals surface area contributed by atoms with Gasteiger partial charge >= 0.3 is 12.7 Å². The Morgan fingerprint density at radius 2 is 0.343 bits per heavy atom. The lowest BCUT2D eigenvalue weighted by Crippen LogP contribution is -2.19. The first kappa shape index (κ1) is 63.9. The van der Waals surface area contributed by atoms with Gasteiger partial charge in [0.25, 0.3) is 0 Å². The van der Waals surface area contributed by atoms with Gasteiger partial charge in [0, 0.05) is 11.1 Å². The lowest BCUT2D eigenvalue weighted by atomic mass is 9.83. The molecule has 0 aliphatic heterocycles. The van der Waals surface area contributed by atoms with Gasteiger partial charge in [-0.15, -0.1) is 26.3 Å². The molecule has 0 N–H and O–H groups in total. The fourth-order valence-electron chi connectivity index (χ4n) is 14.1. The molecule has 490 valence electrons. The zero-order valence-electron chi connectivity index (χ0n) is 54.7. The Kier molecular flexibility index (Phi) is 17.0. The lowest BCUT2D eigenvalue weighted by Gasteiger charge is -2.25. The van der Waals surface area contributed by atoms with Gasteiger partial charge in [-0.2, -0.15) is 0 Å². The van der Waals surface area contributed by atoms with Crippen molar-refractivity contribution < 1.29 is 35.8 Å². The van der Waals surface area contributed by atoms with Gasteiger partial charge in [0.15, 0.2) is 0 Å². The highest BCUT2D eigenvalue weighted by molar-refractivity contribution is 6.17. The lowest BCUT2D eigenvalue weighted by molar-refractivity contribution is -0.276. The van der Waals surface area contributed by atoms with Crippen molar-refractivity contribution >= 4 is 21.5 Å². The largest absolute Gasteiger partial charge is 0.573 e. The van der Waals surface area contributed by atoms with Crippen molar-refractivity contribution in [2.75, 3.05) is 0 Å². The number of benzene rings is 16. The van der Waals surface area contributed by atoms with E-state index in [-0.39, 0.29) is 21.9 Å². The summed E-state index contributed by atoms with van der Waals surface area (Å²) in [5.41, 5.74) is 18.1. The minimum absolute atomic E-state index is 0.162. The second kappa shape index (κ2) is 27.2. The van der Waals surface area contributed by atoms with Crippen LogP contribution in [0.2, 0.25) is 0 Å². The molecule has 0 saturated heterocycles. The SMILES string of the molecule is FC(F)(F)Oc1cc(-c2cc(-c3ccccc3)cc(-c3ccccc3)c2)c2cc(-c3cc(-c4ccccc4)cc(-c4ccccc4)c3)ccc2c1-c1c(OC(F)(F)F)cc(-c2cc(-c3ccccc3)cc(-c3ccccc3)c2)c2cc(-c3cc(-c4ccccc4)cc(-c4ccccc4)c3)ccc12. The molecule has 0 heterocycles. The average Bonchev–Trinajstić information content (AvgIpc) is 0.728. The van der Waals surface area contributed by atoms with Crippen LogP contribution in [0.5, 0.6) is 11.5 Å². The highest BCUT2D eigenvalue weighted by Crippen LogP contribution is 2.54. The highest BCUT2D eigenvalue weighted by Gasteiger charge is 2.38. The molecular formula is C94H60F6O2. The Balaban J connectivity index is 1.04. The molecule has 102 heavy (non-hydrogen) atoms. The maximum absolute atomic E-state index is 16.0. The van der Waals surface area contributed by atoms with Gasteiger partial charge in [-0.05, 0) is 252 Å². The predicted octanol–water partition coefficient (Wildman–Crippen LogP) is 27.5. The summed E-state index contributed by atoms with van der Waals surface area (Å²) < 4.78 is 107. The van der Waals surface area contributed by atoms with Crippen LogP contribution in [0.4, 0.5) is 26.3 Å². The Morgan fingerprint density at radius 1 is 0.157 bits per heavy atom. The second-order valence-corrected chi connectivity index (χ2v) is 25.3. The molecule has 0 aliphatic rings. The molecule has 16 rings (SSSR count). The fourth-order valence-corrected chi connectivity index (χ4v) is 14.1. The smallest absolute Gasteiger partial charge is 0.405 e. The van der Waals surface area contributed by atoms with Crippen LogP contribution in [0.3, 0.4) is 0 Å². The van der Waals surface area contributed by atoms with Crippen LogP contribution in [-0.4, -0.2) is 12.7 Å². The first-order valence-corrected chi connectivity index (χ1v) is 33.5. The van der Waals surface area contributed by atoms with Crippen LogP contribution in [0.25, 0.3) is 166 Å². The average molecular weight is 1340 g/mol. The van der Waals surface area contributed by atoms with Crippen molar-refractivity contribution in [2.45, 2.75) is 12.7 Å². The van der Waals surface area contributed by atoms with Crippen molar-refractivity contribution in [3.05, 3.63) is 364 Å².